The Bertz CT molecular complexity index is 320. The van der Waals surface area contributed by atoms with E-state index in [0.717, 1.165) is 12.4 Å². The van der Waals surface area contributed by atoms with Crippen LogP contribution in [0.4, 0.5) is 0 Å². The van der Waals surface area contributed by atoms with Crippen molar-refractivity contribution in [1.82, 2.24) is 0 Å². The molecule has 5 nitrogen and oxygen atoms in total. The van der Waals surface area contributed by atoms with Gasteiger partial charge in [-0.15, -0.1) is 0 Å². The topological polar surface area (TPSA) is 87.0 Å². The number of unbranched alkanes of at least 4 members (excludes halogenated alkanes) is 13. The van der Waals surface area contributed by atoms with Crippen LogP contribution < -0.4 is 0 Å². The molecule has 0 amide bonds. The lowest BCUT2D eigenvalue weighted by atomic mass is 10.0. The highest BCUT2D eigenvalue weighted by Crippen LogP contribution is 2.25. The first-order chi connectivity index (χ1) is 11.8. The Morgan fingerprint density at radius 1 is 0.760 bits per heavy atom. The molecule has 0 aliphatic carbocycles. The molecule has 0 aliphatic heterocycles. The Morgan fingerprint density at radius 3 is 1.32 bits per heavy atom. The number of hydrogen-bond donors (Lipinski definition) is 3. The zero-order chi connectivity index (χ0) is 19.4. The summed E-state index contributed by atoms with van der Waals surface area (Å²) in [6.45, 7) is 8.80. The molecule has 0 aliphatic rings. The lowest BCUT2D eigenvalue weighted by Crippen LogP contribution is -1.91. The van der Waals surface area contributed by atoms with Crippen LogP contribution in [-0.4, -0.2) is 21.3 Å². The molecule has 0 bridgehead atoms. The molecule has 152 valence electrons. The first-order valence-electron chi connectivity index (χ1n) is 9.84. The summed E-state index contributed by atoms with van der Waals surface area (Å²) in [5.41, 5.74) is 0. The molecule has 0 atom stereocenters. The van der Waals surface area contributed by atoms with E-state index in [1.54, 1.807) is 0 Å². The number of allylic oxidation sites excluding steroid dienone is 1. The van der Waals surface area contributed by atoms with E-state index in [-0.39, 0.29) is 0 Å². The Morgan fingerprint density at radius 2 is 1.04 bits per heavy atom. The summed E-state index contributed by atoms with van der Waals surface area (Å²) >= 11 is 0. The molecule has 0 fully saturated rings. The van der Waals surface area contributed by atoms with Gasteiger partial charge in [0.25, 0.3) is 0 Å². The van der Waals surface area contributed by atoms with Gasteiger partial charge in [0.05, 0.1) is 12.4 Å². The van der Waals surface area contributed by atoms with Crippen LogP contribution in [0.5, 0.6) is 0 Å². The van der Waals surface area contributed by atoms with Gasteiger partial charge < -0.3 is 19.4 Å². The molecule has 6 heteroatoms. The SMILES string of the molecule is C=C(C)OCCCCCCCCCCCCCCCC.O=P(O)(O)O. The Balaban J connectivity index is 0. The first-order valence-corrected chi connectivity index (χ1v) is 11.4. The third-order valence-electron chi connectivity index (χ3n) is 3.85. The minimum absolute atomic E-state index is 0.847. The zero-order valence-corrected chi connectivity index (χ0v) is 17.3. The Kier molecular flexibility index (Phi) is 21.5. The van der Waals surface area contributed by atoms with E-state index in [1.165, 1.54) is 89.9 Å². The fourth-order valence-electron chi connectivity index (χ4n) is 2.54. The van der Waals surface area contributed by atoms with Crippen LogP contribution in [0.2, 0.25) is 0 Å². The van der Waals surface area contributed by atoms with Gasteiger partial charge in [-0.3, -0.25) is 0 Å². The van der Waals surface area contributed by atoms with Crippen molar-refractivity contribution in [1.29, 1.82) is 0 Å². The molecule has 0 heterocycles. The van der Waals surface area contributed by atoms with Gasteiger partial charge in [0, 0.05) is 0 Å². The maximum atomic E-state index is 8.88. The van der Waals surface area contributed by atoms with Crippen LogP contribution in [0.15, 0.2) is 12.3 Å². The quantitative estimate of drug-likeness (QED) is 0.171. The van der Waals surface area contributed by atoms with Crippen molar-refractivity contribution < 1.29 is 24.0 Å². The average Bonchev–Trinajstić information content (AvgIpc) is 2.49. The molecule has 0 aromatic carbocycles. The number of hydrogen-bond acceptors (Lipinski definition) is 2. The van der Waals surface area contributed by atoms with Gasteiger partial charge in [-0.2, -0.15) is 0 Å². The second kappa shape index (κ2) is 20.0. The Labute approximate surface area is 155 Å². The fourth-order valence-corrected chi connectivity index (χ4v) is 2.54. The third kappa shape index (κ3) is 40.0. The third-order valence-corrected chi connectivity index (χ3v) is 3.85. The maximum Gasteiger partial charge on any atom is 0.466 e. The molecule has 0 rings (SSSR count). The monoisotopic (exact) mass is 380 g/mol. The van der Waals surface area contributed by atoms with Crippen molar-refractivity contribution in [3.05, 3.63) is 12.3 Å². The molecular formula is C19H41O5P. The number of rotatable bonds is 16. The molecular weight excluding hydrogens is 339 g/mol. The summed E-state index contributed by atoms with van der Waals surface area (Å²) in [6.07, 6.45) is 19.7. The number of ether oxygens (including phenoxy) is 1. The molecule has 25 heavy (non-hydrogen) atoms. The molecule has 0 saturated heterocycles. The molecule has 0 aromatic heterocycles. The summed E-state index contributed by atoms with van der Waals surface area (Å²) < 4.78 is 14.2. The van der Waals surface area contributed by atoms with Gasteiger partial charge in [-0.05, 0) is 13.3 Å². The second-order valence-electron chi connectivity index (χ2n) is 6.66. The summed E-state index contributed by atoms with van der Waals surface area (Å²) in [4.78, 5) is 21.6. The summed E-state index contributed by atoms with van der Waals surface area (Å²) in [6, 6.07) is 0. The van der Waals surface area contributed by atoms with E-state index < -0.39 is 7.82 Å². The van der Waals surface area contributed by atoms with Crippen LogP contribution in [0, 0.1) is 0 Å². The first kappa shape index (κ1) is 26.9. The van der Waals surface area contributed by atoms with E-state index in [9.17, 15) is 0 Å². The smallest absolute Gasteiger partial charge is 0.466 e. The summed E-state index contributed by atoms with van der Waals surface area (Å²) in [5, 5.41) is 0. The van der Waals surface area contributed by atoms with Crippen LogP contribution in [0.3, 0.4) is 0 Å². The Hall–Kier alpha value is -0.350. The maximum absolute atomic E-state index is 8.88. The predicted octanol–water partition coefficient (Wildman–Crippen LogP) is 6.09. The molecule has 0 spiro atoms. The zero-order valence-electron chi connectivity index (χ0n) is 16.4. The molecule has 0 aromatic rings. The van der Waals surface area contributed by atoms with Gasteiger partial charge in [0.2, 0.25) is 0 Å². The second-order valence-corrected chi connectivity index (χ2v) is 7.69. The van der Waals surface area contributed by atoms with Gasteiger partial charge in [0.1, 0.15) is 0 Å². The molecule has 0 unspecified atom stereocenters. The van der Waals surface area contributed by atoms with Crippen LogP contribution in [-0.2, 0) is 9.30 Å². The lowest BCUT2D eigenvalue weighted by Gasteiger charge is -2.05. The minimum atomic E-state index is -4.64. The predicted molar refractivity (Wildman–Crippen MR) is 105 cm³/mol. The summed E-state index contributed by atoms with van der Waals surface area (Å²) in [5.74, 6) is 0.847. The van der Waals surface area contributed by atoms with Crippen molar-refractivity contribution in [3.8, 4) is 0 Å². The van der Waals surface area contributed by atoms with E-state index in [4.69, 9.17) is 24.0 Å². The van der Waals surface area contributed by atoms with Crippen LogP contribution in [0.1, 0.15) is 104 Å². The van der Waals surface area contributed by atoms with Crippen LogP contribution >= 0.6 is 7.82 Å². The largest absolute Gasteiger partial charge is 0.499 e. The lowest BCUT2D eigenvalue weighted by molar-refractivity contribution is 0.208. The number of phosphoric acid groups is 1. The highest BCUT2D eigenvalue weighted by molar-refractivity contribution is 7.45. The van der Waals surface area contributed by atoms with Gasteiger partial charge in [-0.1, -0.05) is 97.0 Å². The van der Waals surface area contributed by atoms with Crippen molar-refractivity contribution >= 4 is 7.82 Å². The van der Waals surface area contributed by atoms with Crippen molar-refractivity contribution in [2.24, 2.45) is 0 Å². The molecule has 3 N–H and O–H groups in total. The van der Waals surface area contributed by atoms with Gasteiger partial charge in [-0.25, -0.2) is 4.57 Å². The summed E-state index contributed by atoms with van der Waals surface area (Å²) in [7, 11) is -4.64. The highest BCUT2D eigenvalue weighted by Gasteiger charge is 2.00. The van der Waals surface area contributed by atoms with Crippen molar-refractivity contribution in [3.63, 3.8) is 0 Å². The van der Waals surface area contributed by atoms with Gasteiger partial charge in [0.15, 0.2) is 0 Å². The van der Waals surface area contributed by atoms with Crippen LogP contribution in [0.25, 0.3) is 0 Å². The van der Waals surface area contributed by atoms with Crippen molar-refractivity contribution in [2.75, 3.05) is 6.61 Å². The van der Waals surface area contributed by atoms with E-state index in [0.29, 0.717) is 0 Å². The average molecular weight is 381 g/mol. The van der Waals surface area contributed by atoms with E-state index in [2.05, 4.69) is 13.5 Å². The normalized spacial score (nSPS) is 10.9. The minimum Gasteiger partial charge on any atom is -0.499 e. The van der Waals surface area contributed by atoms with Crippen molar-refractivity contribution in [2.45, 2.75) is 104 Å². The molecule has 0 radical (unpaired) electrons. The standard InChI is InChI=1S/C19H38O.H3O4P/c1-4-5-6-7-8-9-10-11-12-13-14-15-16-17-18-20-19(2)3;1-5(2,3)4/h2,4-18H2,1,3H3;(H3,1,2,3,4). The van der Waals surface area contributed by atoms with Gasteiger partial charge >= 0.3 is 7.82 Å². The molecule has 0 saturated carbocycles. The fraction of sp³-hybridized carbons (Fsp3) is 0.895. The highest BCUT2D eigenvalue weighted by atomic mass is 31.2. The van der Waals surface area contributed by atoms with E-state index in [1.807, 2.05) is 6.92 Å². The van der Waals surface area contributed by atoms with E-state index >= 15 is 0 Å².